The number of carbonyl (C=O) groups excluding carboxylic acids is 1. The number of carbonyl (C=O) groups is 1. The van der Waals surface area contributed by atoms with Crippen LogP contribution >= 0.6 is 23.2 Å². The van der Waals surface area contributed by atoms with E-state index in [1.165, 1.54) is 12.8 Å². The Labute approximate surface area is 116 Å². The van der Waals surface area contributed by atoms with E-state index in [9.17, 15) is 4.79 Å². The predicted molar refractivity (Wildman–Crippen MR) is 72.3 cm³/mol. The molecule has 0 saturated heterocycles. The van der Waals surface area contributed by atoms with Crippen LogP contribution in [0.5, 0.6) is 5.75 Å². The van der Waals surface area contributed by atoms with Gasteiger partial charge in [0.1, 0.15) is 10.8 Å². The lowest BCUT2D eigenvalue weighted by molar-refractivity contribution is -0.123. The van der Waals surface area contributed by atoms with E-state index in [0.717, 1.165) is 0 Å². The Morgan fingerprint density at radius 1 is 1.50 bits per heavy atom. The maximum absolute atomic E-state index is 11.6. The van der Waals surface area contributed by atoms with E-state index in [2.05, 4.69) is 5.32 Å². The molecule has 18 heavy (non-hydrogen) atoms. The Morgan fingerprint density at radius 3 is 2.89 bits per heavy atom. The summed E-state index contributed by atoms with van der Waals surface area (Å²) < 4.78 is 5.35. The van der Waals surface area contributed by atoms with E-state index in [1.54, 1.807) is 18.2 Å². The zero-order chi connectivity index (χ0) is 13.1. The normalized spacial score (nSPS) is 16.2. The highest BCUT2D eigenvalue weighted by Crippen LogP contribution is 2.32. The third-order valence-corrected chi connectivity index (χ3v) is 3.79. The lowest BCUT2D eigenvalue weighted by Gasteiger charge is -2.13. The van der Waals surface area contributed by atoms with Crippen LogP contribution in [-0.4, -0.2) is 18.6 Å². The fourth-order valence-corrected chi connectivity index (χ4v) is 2.09. The number of hydrogen-bond donors (Lipinski definition) is 1. The highest BCUT2D eigenvalue weighted by molar-refractivity contribution is 6.42. The summed E-state index contributed by atoms with van der Waals surface area (Å²) >= 11 is 11.8. The molecule has 0 radical (unpaired) electrons. The van der Waals surface area contributed by atoms with Crippen LogP contribution < -0.4 is 10.1 Å². The minimum Gasteiger partial charge on any atom is -0.482 e. The van der Waals surface area contributed by atoms with Gasteiger partial charge in [0.25, 0.3) is 5.91 Å². The summed E-state index contributed by atoms with van der Waals surface area (Å²) in [6.07, 6.45) is 2.39. The van der Waals surface area contributed by atoms with Gasteiger partial charge in [0.2, 0.25) is 0 Å². The largest absolute Gasteiger partial charge is 0.482 e. The summed E-state index contributed by atoms with van der Waals surface area (Å²) in [5.74, 6) is 0.924. The number of halogens is 2. The molecule has 1 saturated carbocycles. The summed E-state index contributed by atoms with van der Waals surface area (Å²) in [5.41, 5.74) is 0. The first-order valence-corrected chi connectivity index (χ1v) is 6.69. The van der Waals surface area contributed by atoms with Crippen LogP contribution in [0.25, 0.3) is 0 Å². The Bertz CT molecular complexity index is 447. The van der Waals surface area contributed by atoms with Gasteiger partial charge in [-0.2, -0.15) is 0 Å². The topological polar surface area (TPSA) is 38.3 Å². The van der Waals surface area contributed by atoms with Crippen molar-refractivity contribution in [1.29, 1.82) is 0 Å². The van der Waals surface area contributed by atoms with Crippen LogP contribution in [0.4, 0.5) is 0 Å². The molecule has 2 rings (SSSR count). The van der Waals surface area contributed by atoms with Gasteiger partial charge in [-0.05, 0) is 37.8 Å². The highest BCUT2D eigenvalue weighted by Gasteiger charge is 2.28. The second-order valence-corrected chi connectivity index (χ2v) is 5.32. The third-order valence-electron chi connectivity index (χ3n) is 2.99. The summed E-state index contributed by atoms with van der Waals surface area (Å²) in [5, 5.41) is 3.66. The molecule has 1 aliphatic carbocycles. The maximum atomic E-state index is 11.6. The third kappa shape index (κ3) is 3.53. The molecule has 5 heteroatoms. The van der Waals surface area contributed by atoms with Gasteiger partial charge in [-0.3, -0.25) is 4.79 Å². The molecule has 98 valence electrons. The molecule has 0 aromatic heterocycles. The molecular formula is C13H15Cl2NO2. The van der Waals surface area contributed by atoms with Crippen molar-refractivity contribution < 1.29 is 9.53 Å². The molecule has 0 aliphatic heterocycles. The van der Waals surface area contributed by atoms with Crippen molar-refractivity contribution >= 4 is 29.1 Å². The van der Waals surface area contributed by atoms with Gasteiger partial charge in [-0.1, -0.05) is 29.3 Å². The number of nitrogens with one attached hydrogen (secondary N) is 1. The molecular weight excluding hydrogens is 273 g/mol. The van der Waals surface area contributed by atoms with Crippen molar-refractivity contribution in [1.82, 2.24) is 5.32 Å². The zero-order valence-corrected chi connectivity index (χ0v) is 11.6. The SMILES string of the molecule is C[C@H](NC(=O)COc1cccc(Cl)c1Cl)C1CC1. The van der Waals surface area contributed by atoms with Crippen molar-refractivity contribution in [3.05, 3.63) is 28.2 Å². The lowest BCUT2D eigenvalue weighted by Crippen LogP contribution is -2.37. The molecule has 0 bridgehead atoms. The first-order chi connectivity index (χ1) is 8.58. The number of rotatable bonds is 5. The molecule has 0 spiro atoms. The molecule has 1 aromatic rings. The van der Waals surface area contributed by atoms with Crippen molar-refractivity contribution in [2.45, 2.75) is 25.8 Å². The molecule has 1 amide bonds. The Balaban J connectivity index is 1.83. The average molecular weight is 288 g/mol. The van der Waals surface area contributed by atoms with E-state index in [-0.39, 0.29) is 18.6 Å². The van der Waals surface area contributed by atoms with Crippen molar-refractivity contribution in [3.8, 4) is 5.75 Å². The van der Waals surface area contributed by atoms with E-state index >= 15 is 0 Å². The van der Waals surface area contributed by atoms with Crippen LogP contribution in [-0.2, 0) is 4.79 Å². The van der Waals surface area contributed by atoms with Crippen LogP contribution in [0.15, 0.2) is 18.2 Å². The second kappa shape index (κ2) is 5.81. The molecule has 1 aliphatic rings. The standard InChI is InChI=1S/C13H15Cl2NO2/c1-8(9-5-6-9)16-12(17)7-18-11-4-2-3-10(14)13(11)15/h2-4,8-9H,5-7H2,1H3,(H,16,17)/t8-/m0/s1. The van der Waals surface area contributed by atoms with Gasteiger partial charge in [-0.15, -0.1) is 0 Å². The Kier molecular flexibility index (Phi) is 4.36. The van der Waals surface area contributed by atoms with E-state index in [4.69, 9.17) is 27.9 Å². The van der Waals surface area contributed by atoms with Crippen molar-refractivity contribution in [3.63, 3.8) is 0 Å². The van der Waals surface area contributed by atoms with Gasteiger partial charge in [0, 0.05) is 6.04 Å². The van der Waals surface area contributed by atoms with Crippen LogP contribution in [0.3, 0.4) is 0 Å². The quantitative estimate of drug-likeness (QED) is 0.903. The van der Waals surface area contributed by atoms with Crippen LogP contribution in [0.2, 0.25) is 10.0 Å². The molecule has 3 nitrogen and oxygen atoms in total. The van der Waals surface area contributed by atoms with E-state index in [0.29, 0.717) is 21.7 Å². The van der Waals surface area contributed by atoms with Gasteiger partial charge in [-0.25, -0.2) is 0 Å². The smallest absolute Gasteiger partial charge is 0.258 e. The molecule has 1 N–H and O–H groups in total. The van der Waals surface area contributed by atoms with Gasteiger partial charge >= 0.3 is 0 Å². The molecule has 1 aromatic carbocycles. The summed E-state index contributed by atoms with van der Waals surface area (Å²) in [7, 11) is 0. The minimum atomic E-state index is -0.134. The first-order valence-electron chi connectivity index (χ1n) is 5.94. The average Bonchev–Trinajstić information content (AvgIpc) is 3.15. The van der Waals surface area contributed by atoms with Crippen LogP contribution in [0.1, 0.15) is 19.8 Å². The molecule has 0 heterocycles. The monoisotopic (exact) mass is 287 g/mol. The van der Waals surface area contributed by atoms with Gasteiger partial charge in [0.15, 0.2) is 6.61 Å². The maximum Gasteiger partial charge on any atom is 0.258 e. The molecule has 0 unspecified atom stereocenters. The highest BCUT2D eigenvalue weighted by atomic mass is 35.5. The van der Waals surface area contributed by atoms with Crippen LogP contribution in [0, 0.1) is 5.92 Å². The van der Waals surface area contributed by atoms with Gasteiger partial charge < -0.3 is 10.1 Å². The Hall–Kier alpha value is -0.930. The fraction of sp³-hybridized carbons (Fsp3) is 0.462. The van der Waals surface area contributed by atoms with E-state index < -0.39 is 0 Å². The van der Waals surface area contributed by atoms with Crippen molar-refractivity contribution in [2.24, 2.45) is 5.92 Å². The van der Waals surface area contributed by atoms with Gasteiger partial charge in [0.05, 0.1) is 5.02 Å². The van der Waals surface area contributed by atoms with E-state index in [1.807, 2.05) is 6.92 Å². The summed E-state index contributed by atoms with van der Waals surface area (Å²) in [6, 6.07) is 5.31. The minimum absolute atomic E-state index is 0.0445. The summed E-state index contributed by atoms with van der Waals surface area (Å²) in [4.78, 5) is 11.6. The molecule has 1 atom stereocenters. The fourth-order valence-electron chi connectivity index (χ4n) is 1.75. The molecule has 1 fully saturated rings. The predicted octanol–water partition coefficient (Wildman–Crippen LogP) is 3.29. The number of ether oxygens (including phenoxy) is 1. The second-order valence-electron chi connectivity index (χ2n) is 4.53. The zero-order valence-electron chi connectivity index (χ0n) is 10.1. The number of benzene rings is 1. The van der Waals surface area contributed by atoms with Crippen molar-refractivity contribution in [2.75, 3.05) is 6.61 Å². The lowest BCUT2D eigenvalue weighted by atomic mass is 10.2. The first kappa shape index (κ1) is 13.5. The summed E-state index contributed by atoms with van der Waals surface area (Å²) in [6.45, 7) is 1.97. The number of hydrogen-bond acceptors (Lipinski definition) is 2. The Morgan fingerprint density at radius 2 is 2.22 bits per heavy atom. The number of amides is 1.